The molecule has 1 amide bonds. The lowest BCUT2D eigenvalue weighted by molar-refractivity contribution is -0.131. The molecule has 20 heavy (non-hydrogen) atoms. The molecule has 0 unspecified atom stereocenters. The molecule has 1 fully saturated rings. The summed E-state index contributed by atoms with van der Waals surface area (Å²) in [6, 6.07) is 4.19. The first kappa shape index (κ1) is 14.2. The lowest BCUT2D eigenvalue weighted by atomic mass is 9.83. The monoisotopic (exact) mass is 277 g/mol. The van der Waals surface area contributed by atoms with Crippen LogP contribution in [0.15, 0.2) is 24.3 Å². The summed E-state index contributed by atoms with van der Waals surface area (Å²) in [5.41, 5.74) is 0.559. The van der Waals surface area contributed by atoms with Gasteiger partial charge in [-0.1, -0.05) is 6.42 Å². The zero-order valence-electron chi connectivity index (χ0n) is 10.9. The number of anilines is 1. The van der Waals surface area contributed by atoms with E-state index in [4.69, 9.17) is 5.11 Å². The minimum atomic E-state index is -1.14. The number of benzene rings is 1. The van der Waals surface area contributed by atoms with Crippen LogP contribution in [0.4, 0.5) is 10.1 Å². The van der Waals surface area contributed by atoms with Crippen LogP contribution in [0.5, 0.6) is 0 Å². The molecule has 0 saturated heterocycles. The number of carbonyl (C=O) groups is 2. The van der Waals surface area contributed by atoms with Crippen molar-refractivity contribution in [3.63, 3.8) is 0 Å². The summed E-state index contributed by atoms with van der Waals surface area (Å²) in [5.74, 6) is -1.35. The molecule has 0 heterocycles. The van der Waals surface area contributed by atoms with Gasteiger partial charge < -0.3 is 10.4 Å². The quantitative estimate of drug-likeness (QED) is 0.813. The van der Waals surface area contributed by atoms with Crippen molar-refractivity contribution in [2.24, 2.45) is 5.92 Å². The zero-order valence-corrected chi connectivity index (χ0v) is 10.9. The van der Waals surface area contributed by atoms with Crippen LogP contribution in [-0.4, -0.2) is 17.0 Å². The highest BCUT2D eigenvalue weighted by atomic mass is 19.1. The minimum Gasteiger partial charge on any atom is -0.478 e. The molecule has 0 aliphatic heterocycles. The fourth-order valence-corrected chi connectivity index (χ4v) is 2.07. The van der Waals surface area contributed by atoms with Gasteiger partial charge in [0.25, 0.3) is 0 Å². The number of nitrogens with one attached hydrogen (secondary N) is 1. The van der Waals surface area contributed by atoms with E-state index in [9.17, 15) is 14.0 Å². The second-order valence-corrected chi connectivity index (χ2v) is 4.96. The number of halogens is 1. The standard InChI is InChI=1S/C15H16FNO3/c16-13-9-12(6-4-11(13)5-7-15(19)20)17-14(18)8-10-2-1-3-10/h4-7,9-10H,1-3,8H2,(H,17,18)(H,19,20)/b7-5+. The Morgan fingerprint density at radius 3 is 2.70 bits per heavy atom. The third-order valence-corrected chi connectivity index (χ3v) is 3.39. The van der Waals surface area contributed by atoms with E-state index in [0.29, 0.717) is 18.0 Å². The van der Waals surface area contributed by atoms with Gasteiger partial charge in [0.15, 0.2) is 0 Å². The third kappa shape index (κ3) is 3.91. The molecule has 5 heteroatoms. The van der Waals surface area contributed by atoms with Gasteiger partial charge in [-0.2, -0.15) is 0 Å². The molecular weight excluding hydrogens is 261 g/mol. The van der Waals surface area contributed by atoms with Crippen LogP contribution in [0, 0.1) is 11.7 Å². The van der Waals surface area contributed by atoms with E-state index in [1.165, 1.54) is 24.6 Å². The van der Waals surface area contributed by atoms with Gasteiger partial charge in [-0.25, -0.2) is 9.18 Å². The first-order valence-corrected chi connectivity index (χ1v) is 6.55. The average molecular weight is 277 g/mol. The number of hydrogen-bond donors (Lipinski definition) is 2. The second-order valence-electron chi connectivity index (χ2n) is 4.96. The topological polar surface area (TPSA) is 66.4 Å². The summed E-state index contributed by atoms with van der Waals surface area (Å²) in [5, 5.41) is 11.1. The molecule has 1 aliphatic carbocycles. The summed E-state index contributed by atoms with van der Waals surface area (Å²) in [7, 11) is 0. The lowest BCUT2D eigenvalue weighted by Crippen LogP contribution is -2.20. The number of rotatable bonds is 5. The van der Waals surface area contributed by atoms with Crippen LogP contribution >= 0.6 is 0 Å². The van der Waals surface area contributed by atoms with Gasteiger partial charge in [-0.05, 0) is 43.0 Å². The molecule has 0 atom stereocenters. The highest BCUT2D eigenvalue weighted by Crippen LogP contribution is 2.29. The first-order valence-electron chi connectivity index (χ1n) is 6.55. The van der Waals surface area contributed by atoms with Crippen LogP contribution in [0.25, 0.3) is 6.08 Å². The average Bonchev–Trinajstić information content (AvgIpc) is 2.33. The van der Waals surface area contributed by atoms with E-state index in [1.807, 2.05) is 0 Å². The van der Waals surface area contributed by atoms with E-state index in [2.05, 4.69) is 5.32 Å². The van der Waals surface area contributed by atoms with Crippen LogP contribution in [0.1, 0.15) is 31.2 Å². The number of carboxylic acids is 1. The molecule has 0 radical (unpaired) electrons. The number of carboxylic acid groups (broad SMARTS) is 1. The molecule has 1 aromatic carbocycles. The van der Waals surface area contributed by atoms with Gasteiger partial charge in [0.2, 0.25) is 5.91 Å². The highest BCUT2D eigenvalue weighted by Gasteiger charge is 2.20. The molecule has 0 bridgehead atoms. The van der Waals surface area contributed by atoms with E-state index >= 15 is 0 Å². The van der Waals surface area contributed by atoms with Crippen molar-refractivity contribution in [2.45, 2.75) is 25.7 Å². The smallest absolute Gasteiger partial charge is 0.328 e. The molecule has 4 nitrogen and oxygen atoms in total. The Kier molecular flexibility index (Phi) is 4.50. The van der Waals surface area contributed by atoms with E-state index < -0.39 is 11.8 Å². The lowest BCUT2D eigenvalue weighted by Gasteiger charge is -2.24. The number of aliphatic carboxylic acids is 1. The van der Waals surface area contributed by atoms with Crippen molar-refractivity contribution in [3.8, 4) is 0 Å². The summed E-state index contributed by atoms with van der Waals surface area (Å²) in [4.78, 5) is 22.1. The predicted molar refractivity (Wildman–Crippen MR) is 73.7 cm³/mol. The Hall–Kier alpha value is -2.17. The van der Waals surface area contributed by atoms with E-state index in [-0.39, 0.29) is 11.5 Å². The number of amides is 1. The molecule has 0 aromatic heterocycles. The second kappa shape index (κ2) is 6.32. The minimum absolute atomic E-state index is 0.108. The normalized spacial score (nSPS) is 15.1. The van der Waals surface area contributed by atoms with Crippen molar-refractivity contribution < 1.29 is 19.1 Å². The van der Waals surface area contributed by atoms with Gasteiger partial charge in [-0.15, -0.1) is 0 Å². The Labute approximate surface area is 116 Å². The maximum absolute atomic E-state index is 13.7. The zero-order chi connectivity index (χ0) is 14.5. The Balaban J connectivity index is 1.97. The third-order valence-electron chi connectivity index (χ3n) is 3.39. The number of hydrogen-bond acceptors (Lipinski definition) is 2. The van der Waals surface area contributed by atoms with Crippen molar-refractivity contribution in [2.75, 3.05) is 5.32 Å². The van der Waals surface area contributed by atoms with Gasteiger partial charge in [0.1, 0.15) is 5.82 Å². The molecule has 1 aliphatic rings. The number of carbonyl (C=O) groups excluding carboxylic acids is 1. The van der Waals surface area contributed by atoms with Crippen molar-refractivity contribution in [3.05, 3.63) is 35.7 Å². The van der Waals surface area contributed by atoms with Gasteiger partial charge in [0, 0.05) is 23.7 Å². The van der Waals surface area contributed by atoms with Crippen LogP contribution in [0.3, 0.4) is 0 Å². The maximum atomic E-state index is 13.7. The van der Waals surface area contributed by atoms with Crippen LogP contribution in [-0.2, 0) is 9.59 Å². The summed E-state index contributed by atoms with van der Waals surface area (Å²) >= 11 is 0. The Morgan fingerprint density at radius 1 is 1.40 bits per heavy atom. The molecule has 0 spiro atoms. The van der Waals surface area contributed by atoms with Gasteiger partial charge >= 0.3 is 5.97 Å². The fourth-order valence-electron chi connectivity index (χ4n) is 2.07. The Morgan fingerprint density at radius 2 is 2.15 bits per heavy atom. The molecule has 1 aromatic rings. The summed E-state index contributed by atoms with van der Waals surface area (Å²) in [6.45, 7) is 0. The van der Waals surface area contributed by atoms with Gasteiger partial charge in [-0.3, -0.25) is 4.79 Å². The molecule has 106 valence electrons. The summed E-state index contributed by atoms with van der Waals surface area (Å²) < 4.78 is 13.7. The molecule has 1 saturated carbocycles. The summed E-state index contributed by atoms with van der Waals surface area (Å²) in [6.07, 6.45) is 5.87. The molecule has 2 N–H and O–H groups in total. The highest BCUT2D eigenvalue weighted by molar-refractivity contribution is 5.91. The SMILES string of the molecule is O=C(O)/C=C/c1ccc(NC(=O)CC2CCC2)cc1F. The van der Waals surface area contributed by atoms with Crippen molar-refractivity contribution in [1.82, 2.24) is 0 Å². The van der Waals surface area contributed by atoms with Gasteiger partial charge in [0.05, 0.1) is 0 Å². The van der Waals surface area contributed by atoms with Crippen molar-refractivity contribution in [1.29, 1.82) is 0 Å². The van der Waals surface area contributed by atoms with E-state index in [0.717, 1.165) is 18.9 Å². The van der Waals surface area contributed by atoms with Crippen molar-refractivity contribution >= 4 is 23.6 Å². The largest absolute Gasteiger partial charge is 0.478 e. The van der Waals surface area contributed by atoms with Crippen LogP contribution in [0.2, 0.25) is 0 Å². The molecule has 2 rings (SSSR count). The fraction of sp³-hybridized carbons (Fsp3) is 0.333. The molecular formula is C15H16FNO3. The maximum Gasteiger partial charge on any atom is 0.328 e. The van der Waals surface area contributed by atoms with Crippen LogP contribution < -0.4 is 5.32 Å². The Bertz CT molecular complexity index is 550. The predicted octanol–water partition coefficient (Wildman–Crippen LogP) is 3.05. The first-order chi connectivity index (χ1) is 9.54. The van der Waals surface area contributed by atoms with E-state index in [1.54, 1.807) is 6.07 Å².